The van der Waals surface area contributed by atoms with Crippen LogP contribution >= 0.6 is 11.8 Å². The molecule has 19 heavy (non-hydrogen) atoms. The number of benzene rings is 1. The third-order valence-corrected chi connectivity index (χ3v) is 3.66. The second kappa shape index (κ2) is 9.23. The summed E-state index contributed by atoms with van der Waals surface area (Å²) in [5.41, 5.74) is 1.16. The monoisotopic (exact) mass is 283 g/mol. The minimum atomic E-state index is -0.470. The fourth-order valence-electron chi connectivity index (χ4n) is 1.80. The summed E-state index contributed by atoms with van der Waals surface area (Å²) < 4.78 is 5.56. The molecular weight excluding hydrogens is 258 g/mol. The van der Waals surface area contributed by atoms with Crippen LogP contribution in [0.1, 0.15) is 12.5 Å². The van der Waals surface area contributed by atoms with Crippen molar-refractivity contribution in [2.75, 3.05) is 31.7 Å². The van der Waals surface area contributed by atoms with Crippen LogP contribution in [0.5, 0.6) is 5.75 Å². The second-order valence-corrected chi connectivity index (χ2v) is 5.91. The lowest BCUT2D eigenvalue weighted by atomic mass is 10.2. The zero-order valence-electron chi connectivity index (χ0n) is 12.1. The van der Waals surface area contributed by atoms with Gasteiger partial charge in [-0.05, 0) is 49.1 Å². The average Bonchev–Trinajstić information content (AvgIpc) is 2.37. The maximum atomic E-state index is 9.83. The molecule has 1 rings (SSSR count). The van der Waals surface area contributed by atoms with Crippen LogP contribution < -0.4 is 10.1 Å². The van der Waals surface area contributed by atoms with E-state index >= 15 is 0 Å². The van der Waals surface area contributed by atoms with Gasteiger partial charge in [0.2, 0.25) is 0 Å². The fourth-order valence-corrected chi connectivity index (χ4v) is 2.48. The average molecular weight is 283 g/mol. The van der Waals surface area contributed by atoms with Crippen molar-refractivity contribution in [1.82, 2.24) is 5.32 Å². The van der Waals surface area contributed by atoms with Gasteiger partial charge in [0.25, 0.3) is 0 Å². The van der Waals surface area contributed by atoms with Crippen LogP contribution in [0.25, 0.3) is 0 Å². The van der Waals surface area contributed by atoms with Gasteiger partial charge in [0.1, 0.15) is 18.5 Å². The molecule has 3 nitrogen and oxygen atoms in total. The van der Waals surface area contributed by atoms with Gasteiger partial charge in [0, 0.05) is 6.54 Å². The van der Waals surface area contributed by atoms with Crippen LogP contribution in [0, 0.1) is 12.8 Å². The summed E-state index contributed by atoms with van der Waals surface area (Å²) in [6, 6.07) is 7.87. The molecule has 0 amide bonds. The van der Waals surface area contributed by atoms with E-state index in [0.29, 0.717) is 19.1 Å². The third kappa shape index (κ3) is 7.45. The molecular formula is C15H25NO2S. The van der Waals surface area contributed by atoms with Crippen molar-refractivity contribution in [3.8, 4) is 5.75 Å². The van der Waals surface area contributed by atoms with Gasteiger partial charge in [-0.2, -0.15) is 11.8 Å². The number of aliphatic hydroxyl groups excluding tert-OH is 1. The number of hydrogen-bond acceptors (Lipinski definition) is 4. The molecule has 0 aliphatic heterocycles. The number of aryl methyl sites for hydroxylation is 1. The Balaban J connectivity index is 2.16. The Morgan fingerprint density at radius 1 is 1.37 bits per heavy atom. The minimum absolute atomic E-state index is 0.327. The predicted octanol–water partition coefficient (Wildman–Crippen LogP) is 2.32. The molecule has 0 saturated carbocycles. The predicted molar refractivity (Wildman–Crippen MR) is 83.1 cm³/mol. The van der Waals surface area contributed by atoms with E-state index in [9.17, 15) is 5.11 Å². The molecule has 1 aromatic rings. The number of nitrogens with one attached hydrogen (secondary N) is 1. The van der Waals surface area contributed by atoms with Gasteiger partial charge < -0.3 is 15.2 Å². The van der Waals surface area contributed by atoms with E-state index in [4.69, 9.17) is 4.74 Å². The van der Waals surface area contributed by atoms with Crippen LogP contribution in [-0.2, 0) is 0 Å². The molecule has 1 aromatic carbocycles. The van der Waals surface area contributed by atoms with Gasteiger partial charge in [0.05, 0.1) is 0 Å². The Kier molecular flexibility index (Phi) is 7.94. The number of rotatable bonds is 9. The summed E-state index contributed by atoms with van der Waals surface area (Å²) >= 11 is 1.85. The van der Waals surface area contributed by atoms with Crippen molar-refractivity contribution in [1.29, 1.82) is 0 Å². The summed E-state index contributed by atoms with van der Waals surface area (Å²) in [6.07, 6.45) is 1.64. The SMILES string of the molecule is CSCC(C)CNCC(O)COc1cccc(C)c1. The molecule has 0 fully saturated rings. The van der Waals surface area contributed by atoms with E-state index in [1.165, 1.54) is 0 Å². The normalized spacial score (nSPS) is 14.1. The Morgan fingerprint density at radius 3 is 2.84 bits per heavy atom. The van der Waals surface area contributed by atoms with Crippen LogP contribution in [0.2, 0.25) is 0 Å². The maximum Gasteiger partial charge on any atom is 0.119 e. The third-order valence-electron chi connectivity index (χ3n) is 2.76. The highest BCUT2D eigenvalue weighted by Crippen LogP contribution is 2.12. The van der Waals surface area contributed by atoms with Gasteiger partial charge >= 0.3 is 0 Å². The maximum absolute atomic E-state index is 9.83. The van der Waals surface area contributed by atoms with Crippen molar-refractivity contribution in [2.45, 2.75) is 20.0 Å². The zero-order valence-corrected chi connectivity index (χ0v) is 12.9. The summed E-state index contributed by atoms with van der Waals surface area (Å²) in [6.45, 7) is 6.07. The van der Waals surface area contributed by atoms with Gasteiger partial charge in [-0.1, -0.05) is 19.1 Å². The van der Waals surface area contributed by atoms with Crippen LogP contribution in [0.4, 0.5) is 0 Å². The molecule has 2 atom stereocenters. The van der Waals surface area contributed by atoms with Gasteiger partial charge in [0.15, 0.2) is 0 Å². The largest absolute Gasteiger partial charge is 0.491 e. The Morgan fingerprint density at radius 2 is 2.16 bits per heavy atom. The molecule has 2 N–H and O–H groups in total. The van der Waals surface area contributed by atoms with E-state index in [1.807, 2.05) is 43.0 Å². The van der Waals surface area contributed by atoms with Crippen molar-refractivity contribution in [3.05, 3.63) is 29.8 Å². The first-order chi connectivity index (χ1) is 9.11. The Hall–Kier alpha value is -0.710. The molecule has 4 heteroatoms. The molecule has 0 aromatic heterocycles. The van der Waals surface area contributed by atoms with Gasteiger partial charge in [-0.25, -0.2) is 0 Å². The second-order valence-electron chi connectivity index (χ2n) is 5.00. The number of hydrogen-bond donors (Lipinski definition) is 2. The molecule has 2 unspecified atom stereocenters. The molecule has 0 spiro atoms. The van der Waals surface area contributed by atoms with E-state index in [-0.39, 0.29) is 0 Å². The zero-order chi connectivity index (χ0) is 14.1. The fraction of sp³-hybridized carbons (Fsp3) is 0.600. The topological polar surface area (TPSA) is 41.5 Å². The molecule has 0 aliphatic rings. The van der Waals surface area contributed by atoms with E-state index in [2.05, 4.69) is 18.5 Å². The molecule has 0 saturated heterocycles. The lowest BCUT2D eigenvalue weighted by Crippen LogP contribution is -2.34. The molecule has 0 heterocycles. The summed E-state index contributed by atoms with van der Waals surface area (Å²) in [4.78, 5) is 0. The van der Waals surface area contributed by atoms with Crippen LogP contribution in [0.3, 0.4) is 0 Å². The van der Waals surface area contributed by atoms with Crippen molar-refractivity contribution < 1.29 is 9.84 Å². The van der Waals surface area contributed by atoms with E-state index in [0.717, 1.165) is 23.6 Å². The number of thioether (sulfide) groups is 1. The molecule has 0 aliphatic carbocycles. The van der Waals surface area contributed by atoms with Crippen molar-refractivity contribution in [3.63, 3.8) is 0 Å². The van der Waals surface area contributed by atoms with Crippen LogP contribution in [0.15, 0.2) is 24.3 Å². The van der Waals surface area contributed by atoms with Crippen LogP contribution in [-0.4, -0.2) is 42.9 Å². The van der Waals surface area contributed by atoms with E-state index < -0.39 is 6.10 Å². The highest BCUT2D eigenvalue weighted by atomic mass is 32.2. The smallest absolute Gasteiger partial charge is 0.119 e. The minimum Gasteiger partial charge on any atom is -0.491 e. The first-order valence-corrected chi connectivity index (χ1v) is 8.08. The first-order valence-electron chi connectivity index (χ1n) is 6.69. The van der Waals surface area contributed by atoms with Gasteiger partial charge in [-0.3, -0.25) is 0 Å². The Labute approximate surface area is 120 Å². The number of ether oxygens (including phenoxy) is 1. The first kappa shape index (κ1) is 16.3. The highest BCUT2D eigenvalue weighted by Gasteiger charge is 2.06. The lowest BCUT2D eigenvalue weighted by molar-refractivity contribution is 0.106. The highest BCUT2D eigenvalue weighted by molar-refractivity contribution is 7.98. The van der Waals surface area contributed by atoms with Crippen molar-refractivity contribution in [2.24, 2.45) is 5.92 Å². The molecule has 0 bridgehead atoms. The van der Waals surface area contributed by atoms with Crippen molar-refractivity contribution >= 4 is 11.8 Å². The number of aliphatic hydroxyl groups is 1. The quantitative estimate of drug-likeness (QED) is 0.730. The summed E-state index contributed by atoms with van der Waals surface area (Å²) in [5.74, 6) is 2.58. The van der Waals surface area contributed by atoms with E-state index in [1.54, 1.807) is 0 Å². The summed E-state index contributed by atoms with van der Waals surface area (Å²) in [7, 11) is 0. The molecule has 108 valence electrons. The Bertz CT molecular complexity index is 360. The molecule has 0 radical (unpaired) electrons. The summed E-state index contributed by atoms with van der Waals surface area (Å²) in [5, 5.41) is 13.1. The van der Waals surface area contributed by atoms with Gasteiger partial charge in [-0.15, -0.1) is 0 Å². The lowest BCUT2D eigenvalue weighted by Gasteiger charge is -2.15. The standard InChI is InChI=1S/C15H25NO2S/c1-12-5-4-6-15(7-12)18-10-14(17)9-16-8-13(2)11-19-3/h4-7,13-14,16-17H,8-11H2,1-3H3.